The fraction of sp³-hybridized carbons (Fsp3) is 0.404. The molecule has 2 aliphatic heterocycles. The van der Waals surface area contributed by atoms with E-state index in [4.69, 9.17) is 19.1 Å². The summed E-state index contributed by atoms with van der Waals surface area (Å²) < 4.78 is 53.8. The number of benzene rings is 3. The van der Waals surface area contributed by atoms with Gasteiger partial charge in [0.2, 0.25) is 0 Å². The second-order valence-electron chi connectivity index (χ2n) is 18.5. The number of carbonyl (C=O) groups excluding carboxylic acids is 1. The van der Waals surface area contributed by atoms with Crippen LogP contribution in [0, 0.1) is 30.4 Å². The van der Waals surface area contributed by atoms with E-state index in [-0.39, 0.29) is 39.8 Å². The van der Waals surface area contributed by atoms with E-state index in [2.05, 4.69) is 54.2 Å². The summed E-state index contributed by atoms with van der Waals surface area (Å²) >= 11 is 0. The highest BCUT2D eigenvalue weighted by Crippen LogP contribution is 2.56. The van der Waals surface area contributed by atoms with Gasteiger partial charge in [-0.2, -0.15) is 14.9 Å². The summed E-state index contributed by atoms with van der Waals surface area (Å²) in [6.45, 7) is 14.2. The molecule has 18 heteroatoms. The molecule has 1 unspecified atom stereocenters. The molecule has 6 heterocycles. The van der Waals surface area contributed by atoms with E-state index in [1.165, 1.54) is 21.6 Å². The molecule has 1 amide bonds. The van der Waals surface area contributed by atoms with Crippen LogP contribution in [0.3, 0.4) is 0 Å². The van der Waals surface area contributed by atoms with Gasteiger partial charge >= 0.3 is 11.4 Å². The van der Waals surface area contributed by atoms with Gasteiger partial charge in [-0.1, -0.05) is 31.1 Å². The highest BCUT2D eigenvalue weighted by atomic mass is 32.2. The number of fused-ring (bicyclic) bond motifs is 2. The van der Waals surface area contributed by atoms with Gasteiger partial charge in [0.05, 0.1) is 38.4 Å². The second-order valence-corrected chi connectivity index (χ2v) is 20.9. The van der Waals surface area contributed by atoms with Crippen molar-refractivity contribution in [1.82, 2.24) is 43.7 Å². The number of aromatic nitrogens is 8. The highest BCUT2D eigenvalue weighted by molar-refractivity contribution is 7.92. The lowest BCUT2D eigenvalue weighted by molar-refractivity contribution is -0.0592. The van der Waals surface area contributed by atoms with E-state index in [9.17, 15) is 13.8 Å². The molecule has 0 radical (unpaired) electrons. The minimum atomic E-state index is -3.10. The van der Waals surface area contributed by atoms with E-state index in [0.717, 1.165) is 29.3 Å². The molecule has 7 aromatic rings. The van der Waals surface area contributed by atoms with Crippen molar-refractivity contribution >= 4 is 26.5 Å². The second kappa shape index (κ2) is 15.1. The van der Waals surface area contributed by atoms with Crippen LogP contribution in [0.2, 0.25) is 0 Å². The van der Waals surface area contributed by atoms with Crippen LogP contribution in [0.25, 0.3) is 28.1 Å². The number of rotatable bonds is 9. The summed E-state index contributed by atoms with van der Waals surface area (Å²) in [7, 11) is -3.10. The SMILES string of the molecule is CCS(=N)(=O)c1cccc(-n2ncn(-c3c4c(nn3-c3cc(C)c(F)c(C)c3)CCN(C(=O)c3cc5cc([C@H]6CCOC(C)(C)C6)ccc5n3[C@@]3(c5noc(=O)[nH]5)C[C@@H]3C)[C@H]4C)c2=O)c1. The van der Waals surface area contributed by atoms with Crippen molar-refractivity contribution in [2.24, 2.45) is 5.92 Å². The third-order valence-electron chi connectivity index (χ3n) is 13.9. The zero-order valence-electron chi connectivity index (χ0n) is 37.3. The number of H-pyrrole nitrogens is 1. The minimum absolute atomic E-state index is 0.00197. The molecule has 0 bridgehead atoms. The van der Waals surface area contributed by atoms with Crippen LogP contribution in [0.5, 0.6) is 0 Å². The molecule has 5 atom stereocenters. The number of halogens is 1. The zero-order chi connectivity index (χ0) is 45.9. The number of hydrogen-bond donors (Lipinski definition) is 2. The van der Waals surface area contributed by atoms with Gasteiger partial charge < -0.3 is 14.2 Å². The van der Waals surface area contributed by atoms with E-state index in [0.29, 0.717) is 77.1 Å². The Morgan fingerprint density at radius 3 is 2.45 bits per heavy atom. The van der Waals surface area contributed by atoms with E-state index in [1.807, 2.05) is 17.6 Å². The van der Waals surface area contributed by atoms with Crippen molar-refractivity contribution in [1.29, 1.82) is 4.78 Å². The van der Waals surface area contributed by atoms with Crippen LogP contribution in [0.15, 0.2) is 86.0 Å². The molecular weight excluding hydrogens is 852 g/mol. The molecule has 3 aromatic carbocycles. The molecule has 16 nitrogen and oxygen atoms in total. The molecule has 65 heavy (non-hydrogen) atoms. The number of aromatic amines is 1. The van der Waals surface area contributed by atoms with E-state index >= 15 is 9.18 Å². The Kier molecular flexibility index (Phi) is 9.87. The van der Waals surface area contributed by atoms with Crippen molar-refractivity contribution < 1.29 is 22.7 Å². The van der Waals surface area contributed by atoms with Crippen LogP contribution >= 0.6 is 0 Å². The predicted octanol–water partition coefficient (Wildman–Crippen LogP) is 7.24. The normalized spacial score (nSPS) is 22.5. The molecule has 0 spiro atoms. The van der Waals surface area contributed by atoms with Gasteiger partial charge in [-0.05, 0) is 131 Å². The fourth-order valence-electron chi connectivity index (χ4n) is 10.3. The highest BCUT2D eigenvalue weighted by Gasteiger charge is 2.59. The Morgan fingerprint density at radius 2 is 1.77 bits per heavy atom. The fourth-order valence-corrected chi connectivity index (χ4v) is 11.3. The third kappa shape index (κ3) is 6.82. The van der Waals surface area contributed by atoms with Gasteiger partial charge in [0.25, 0.3) is 5.91 Å². The molecule has 1 saturated carbocycles. The molecule has 3 aliphatic rings. The standard InChI is InChI=1S/C47H51FN10O6S/c1-8-65(49,62)35-11-9-10-33(22-35)58-45(61)55(25-50-58)41-39-29(5)54(16-14-36(39)52-57(41)34-18-26(2)40(48)27(3)19-34)42(59)38-21-32-20-30(31-15-17-63-46(6,7)24-31)12-13-37(32)56(38)47(23-28(47)4)43-51-44(60)64-53-43/h9-13,18-22,25,28-29,31,49H,8,14-17,23-24H2,1-7H3,(H,51,53,60)/t28-,29-,31-,47-,65?/m0/s1. The topological polar surface area (TPSA) is 192 Å². The number of amides is 1. The van der Waals surface area contributed by atoms with Gasteiger partial charge in [0.1, 0.15) is 23.4 Å². The molecule has 2 fully saturated rings. The number of aryl methyl sites for hydroxylation is 2. The van der Waals surface area contributed by atoms with E-state index < -0.39 is 32.8 Å². The number of ether oxygens (including phenoxy) is 1. The van der Waals surface area contributed by atoms with Crippen molar-refractivity contribution in [3.05, 3.63) is 133 Å². The Morgan fingerprint density at radius 1 is 1.02 bits per heavy atom. The average molecular weight is 903 g/mol. The maximum absolute atomic E-state index is 15.5. The summed E-state index contributed by atoms with van der Waals surface area (Å²) in [4.78, 5) is 47.4. The van der Waals surface area contributed by atoms with Gasteiger partial charge in [-0.15, -0.1) is 0 Å². The van der Waals surface area contributed by atoms with Crippen molar-refractivity contribution in [3.63, 3.8) is 0 Å². The largest absolute Gasteiger partial charge is 0.438 e. The number of carbonyl (C=O) groups is 1. The summed E-state index contributed by atoms with van der Waals surface area (Å²) in [6, 6.07) is 17.4. The maximum atomic E-state index is 15.5. The first kappa shape index (κ1) is 42.5. The molecular formula is C47H51FN10O6S. The first-order valence-corrected chi connectivity index (χ1v) is 23.8. The number of hydrogen-bond acceptors (Lipinski definition) is 10. The van der Waals surface area contributed by atoms with E-state index in [1.54, 1.807) is 60.7 Å². The maximum Gasteiger partial charge on any atom is 0.438 e. The first-order valence-electron chi connectivity index (χ1n) is 22.0. The summed E-state index contributed by atoms with van der Waals surface area (Å²) in [5.74, 6) is -0.246. The minimum Gasteiger partial charge on any atom is -0.376 e. The lowest BCUT2D eigenvalue weighted by Crippen LogP contribution is -2.41. The Labute approximate surface area is 374 Å². The monoisotopic (exact) mass is 902 g/mol. The van der Waals surface area contributed by atoms with Crippen LogP contribution in [0.1, 0.15) is 110 Å². The first-order chi connectivity index (χ1) is 30.9. The smallest absolute Gasteiger partial charge is 0.376 e. The lowest BCUT2D eigenvalue weighted by atomic mass is 9.83. The van der Waals surface area contributed by atoms with Crippen molar-refractivity contribution in [2.75, 3.05) is 18.9 Å². The Bertz CT molecular complexity index is 3290. The van der Waals surface area contributed by atoms with Gasteiger partial charge in [-0.25, -0.2) is 32.2 Å². The van der Waals surface area contributed by atoms with Crippen molar-refractivity contribution in [3.8, 4) is 17.2 Å². The number of nitrogens with one attached hydrogen (secondary N) is 2. The zero-order valence-corrected chi connectivity index (χ0v) is 38.2. The molecule has 1 saturated heterocycles. The average Bonchev–Trinajstić information content (AvgIpc) is 3.77. The molecule has 338 valence electrons. The van der Waals surface area contributed by atoms with Gasteiger partial charge in [-0.3, -0.25) is 14.3 Å². The predicted molar refractivity (Wildman–Crippen MR) is 240 cm³/mol. The molecule has 2 N–H and O–H groups in total. The summed E-state index contributed by atoms with van der Waals surface area (Å²) in [5.41, 5.74) is 3.61. The molecule has 1 aliphatic carbocycles. The Balaban J connectivity index is 1.12. The number of nitrogens with zero attached hydrogens (tertiary/aromatic N) is 8. The van der Waals surface area contributed by atoms with Crippen LogP contribution in [-0.4, -0.2) is 78.4 Å². The van der Waals surface area contributed by atoms with Crippen LogP contribution < -0.4 is 11.4 Å². The van der Waals surface area contributed by atoms with Crippen LogP contribution in [-0.2, 0) is 26.4 Å². The summed E-state index contributed by atoms with van der Waals surface area (Å²) in [6.07, 6.45) is 4.06. The van der Waals surface area contributed by atoms with Crippen LogP contribution in [0.4, 0.5) is 4.39 Å². The van der Waals surface area contributed by atoms with Gasteiger partial charge in [0, 0.05) is 46.7 Å². The van der Waals surface area contributed by atoms with Crippen molar-refractivity contribution in [2.45, 2.75) is 102 Å². The summed E-state index contributed by atoms with van der Waals surface area (Å²) in [5, 5.41) is 14.6. The quantitative estimate of drug-likeness (QED) is 0.150. The lowest BCUT2D eigenvalue weighted by Gasteiger charge is -2.35. The third-order valence-corrected chi connectivity index (χ3v) is 15.7. The Hall–Kier alpha value is -6.40. The van der Waals surface area contributed by atoms with Gasteiger partial charge in [0.15, 0.2) is 11.6 Å². The molecule has 4 aromatic heterocycles. The molecule has 10 rings (SSSR count).